The second-order valence-corrected chi connectivity index (χ2v) is 5.88. The minimum atomic E-state index is -0.467. The van der Waals surface area contributed by atoms with Gasteiger partial charge in [-0.25, -0.2) is 4.79 Å². The number of carbonyl (C=O) groups excluding carboxylic acids is 2. The van der Waals surface area contributed by atoms with Crippen molar-refractivity contribution in [2.24, 2.45) is 5.92 Å². The van der Waals surface area contributed by atoms with Crippen molar-refractivity contribution in [1.82, 2.24) is 4.90 Å². The van der Waals surface area contributed by atoms with Gasteiger partial charge in [0.25, 0.3) is 0 Å². The number of hydrogen-bond donors (Lipinski definition) is 0. The molecule has 0 saturated carbocycles. The average molecular weight is 347 g/mol. The van der Waals surface area contributed by atoms with Gasteiger partial charge >= 0.3 is 11.9 Å². The van der Waals surface area contributed by atoms with Crippen LogP contribution in [0.25, 0.3) is 11.0 Å². The van der Waals surface area contributed by atoms with Crippen LogP contribution in [-0.2, 0) is 20.8 Å². The Morgan fingerprint density at radius 1 is 1.24 bits per heavy atom. The minimum absolute atomic E-state index is 0.229. The number of fused-ring (bicyclic) bond motifs is 1. The van der Waals surface area contributed by atoms with E-state index in [1.54, 1.807) is 6.92 Å². The molecule has 1 atom stereocenters. The molecule has 2 rings (SSSR count). The van der Waals surface area contributed by atoms with E-state index in [0.717, 1.165) is 17.5 Å². The van der Waals surface area contributed by atoms with Crippen LogP contribution in [0.1, 0.15) is 36.9 Å². The highest BCUT2D eigenvalue weighted by Gasteiger charge is 2.24. The molecule has 136 valence electrons. The molecule has 0 fully saturated rings. The number of hydrogen-bond acceptors (Lipinski definition) is 6. The molecule has 1 aromatic carbocycles. The van der Waals surface area contributed by atoms with Gasteiger partial charge in [0, 0.05) is 24.0 Å². The van der Waals surface area contributed by atoms with Crippen molar-refractivity contribution < 1.29 is 23.5 Å². The van der Waals surface area contributed by atoms with E-state index in [4.69, 9.17) is 13.9 Å². The molecular weight excluding hydrogens is 322 g/mol. The molecule has 0 aliphatic heterocycles. The lowest BCUT2D eigenvalue weighted by atomic mass is 10.1. The van der Waals surface area contributed by atoms with Crippen molar-refractivity contribution in [3.05, 3.63) is 35.6 Å². The summed E-state index contributed by atoms with van der Waals surface area (Å²) in [6, 6.07) is 7.52. The third-order valence-corrected chi connectivity index (χ3v) is 4.12. The van der Waals surface area contributed by atoms with Gasteiger partial charge in [-0.05, 0) is 19.5 Å². The Morgan fingerprint density at radius 3 is 2.60 bits per heavy atom. The smallest absolute Gasteiger partial charge is 0.374 e. The number of esters is 2. The molecule has 1 unspecified atom stereocenters. The van der Waals surface area contributed by atoms with Crippen LogP contribution in [-0.4, -0.2) is 43.6 Å². The number of methoxy groups -OCH3 is 1. The Balaban J connectivity index is 2.32. The Morgan fingerprint density at radius 2 is 1.96 bits per heavy atom. The quantitative estimate of drug-likeness (QED) is 0.683. The van der Waals surface area contributed by atoms with E-state index in [-0.39, 0.29) is 24.3 Å². The summed E-state index contributed by atoms with van der Waals surface area (Å²) in [7, 11) is 1.39. The topological polar surface area (TPSA) is 69.0 Å². The summed E-state index contributed by atoms with van der Waals surface area (Å²) in [4.78, 5) is 26.1. The predicted molar refractivity (Wildman–Crippen MR) is 94.3 cm³/mol. The lowest BCUT2D eigenvalue weighted by Gasteiger charge is -2.23. The van der Waals surface area contributed by atoms with E-state index in [1.165, 1.54) is 7.11 Å². The Bertz CT molecular complexity index is 736. The lowest BCUT2D eigenvalue weighted by Crippen LogP contribution is -2.32. The first-order valence-electron chi connectivity index (χ1n) is 8.49. The van der Waals surface area contributed by atoms with Gasteiger partial charge in [0.15, 0.2) is 0 Å². The summed E-state index contributed by atoms with van der Waals surface area (Å²) >= 11 is 0. The van der Waals surface area contributed by atoms with Crippen LogP contribution in [0, 0.1) is 5.92 Å². The standard InChI is InChI=1S/C19H25NO5/c1-5-20(11-13(3)18(21)23-4)12-15-14-9-7-8-10-16(14)25-17(15)19(22)24-6-2/h7-10,13H,5-6,11-12H2,1-4H3. The molecule has 6 nitrogen and oxygen atoms in total. The van der Waals surface area contributed by atoms with Crippen molar-refractivity contribution in [3.8, 4) is 0 Å². The highest BCUT2D eigenvalue weighted by atomic mass is 16.5. The monoisotopic (exact) mass is 347 g/mol. The van der Waals surface area contributed by atoms with Gasteiger partial charge in [-0.2, -0.15) is 0 Å². The van der Waals surface area contributed by atoms with Crippen molar-refractivity contribution in [2.45, 2.75) is 27.3 Å². The highest BCUT2D eigenvalue weighted by Crippen LogP contribution is 2.28. The van der Waals surface area contributed by atoms with Gasteiger partial charge < -0.3 is 13.9 Å². The van der Waals surface area contributed by atoms with Crippen molar-refractivity contribution in [2.75, 3.05) is 26.8 Å². The van der Waals surface area contributed by atoms with E-state index in [0.29, 0.717) is 18.7 Å². The fraction of sp³-hybridized carbons (Fsp3) is 0.474. The molecule has 2 aromatic rings. The SMILES string of the molecule is CCOC(=O)c1oc2ccccc2c1CN(CC)CC(C)C(=O)OC. The van der Waals surface area contributed by atoms with Crippen LogP contribution in [0.4, 0.5) is 0 Å². The molecule has 0 saturated heterocycles. The molecule has 0 N–H and O–H groups in total. The first-order chi connectivity index (χ1) is 12.0. The molecule has 0 amide bonds. The first kappa shape index (κ1) is 19.0. The molecule has 0 aliphatic rings. The average Bonchev–Trinajstić information content (AvgIpc) is 2.99. The zero-order valence-corrected chi connectivity index (χ0v) is 15.2. The van der Waals surface area contributed by atoms with Crippen molar-refractivity contribution in [3.63, 3.8) is 0 Å². The molecule has 0 spiro atoms. The number of nitrogens with zero attached hydrogens (tertiary/aromatic N) is 1. The number of furan rings is 1. The number of rotatable bonds is 8. The van der Waals surface area contributed by atoms with E-state index in [1.807, 2.05) is 38.1 Å². The summed E-state index contributed by atoms with van der Waals surface area (Å²) in [5.41, 5.74) is 1.44. The van der Waals surface area contributed by atoms with Gasteiger partial charge in [-0.3, -0.25) is 9.69 Å². The summed E-state index contributed by atoms with van der Waals surface area (Å²) in [5.74, 6) is -0.742. The third kappa shape index (κ3) is 4.39. The van der Waals surface area contributed by atoms with Crippen LogP contribution in [0.2, 0.25) is 0 Å². The number of ether oxygens (including phenoxy) is 2. The maximum Gasteiger partial charge on any atom is 0.374 e. The first-order valence-corrected chi connectivity index (χ1v) is 8.49. The van der Waals surface area contributed by atoms with Crippen LogP contribution in [0.3, 0.4) is 0 Å². The van der Waals surface area contributed by atoms with Crippen LogP contribution >= 0.6 is 0 Å². The zero-order chi connectivity index (χ0) is 18.4. The van der Waals surface area contributed by atoms with Crippen molar-refractivity contribution >= 4 is 22.9 Å². The Kier molecular flexibility index (Phi) is 6.58. The van der Waals surface area contributed by atoms with Crippen LogP contribution < -0.4 is 0 Å². The summed E-state index contributed by atoms with van der Waals surface area (Å²) in [5, 5.41) is 0.884. The zero-order valence-electron chi connectivity index (χ0n) is 15.2. The normalized spacial score (nSPS) is 12.4. The second kappa shape index (κ2) is 8.67. The van der Waals surface area contributed by atoms with Gasteiger partial charge in [0.05, 0.1) is 19.6 Å². The number of carbonyl (C=O) groups is 2. The third-order valence-electron chi connectivity index (χ3n) is 4.12. The fourth-order valence-corrected chi connectivity index (χ4v) is 2.81. The highest BCUT2D eigenvalue weighted by molar-refractivity contribution is 5.96. The molecular formula is C19H25NO5. The molecule has 1 aromatic heterocycles. The van der Waals surface area contributed by atoms with E-state index in [2.05, 4.69) is 4.90 Å². The van der Waals surface area contributed by atoms with Crippen LogP contribution in [0.15, 0.2) is 28.7 Å². The molecule has 0 radical (unpaired) electrons. The molecule has 25 heavy (non-hydrogen) atoms. The maximum absolute atomic E-state index is 12.3. The van der Waals surface area contributed by atoms with Gasteiger partial charge in [0.1, 0.15) is 5.58 Å². The fourth-order valence-electron chi connectivity index (χ4n) is 2.81. The Hall–Kier alpha value is -2.34. The summed E-state index contributed by atoms with van der Waals surface area (Å²) in [6.45, 7) is 7.63. The lowest BCUT2D eigenvalue weighted by molar-refractivity contribution is -0.145. The summed E-state index contributed by atoms with van der Waals surface area (Å²) in [6.07, 6.45) is 0. The molecule has 1 heterocycles. The van der Waals surface area contributed by atoms with E-state index < -0.39 is 5.97 Å². The molecule has 6 heteroatoms. The summed E-state index contributed by atoms with van der Waals surface area (Å²) < 4.78 is 15.7. The molecule has 0 bridgehead atoms. The largest absolute Gasteiger partial charge is 0.469 e. The van der Waals surface area contributed by atoms with Crippen LogP contribution in [0.5, 0.6) is 0 Å². The van der Waals surface area contributed by atoms with E-state index >= 15 is 0 Å². The van der Waals surface area contributed by atoms with Gasteiger partial charge in [-0.15, -0.1) is 0 Å². The second-order valence-electron chi connectivity index (χ2n) is 5.88. The predicted octanol–water partition coefficient (Wildman–Crippen LogP) is 3.24. The molecule has 0 aliphatic carbocycles. The minimum Gasteiger partial charge on any atom is -0.469 e. The van der Waals surface area contributed by atoms with Gasteiger partial charge in [0.2, 0.25) is 5.76 Å². The van der Waals surface area contributed by atoms with Crippen molar-refractivity contribution in [1.29, 1.82) is 0 Å². The Labute approximate surface area is 147 Å². The number of benzene rings is 1. The van der Waals surface area contributed by atoms with Gasteiger partial charge in [-0.1, -0.05) is 32.0 Å². The maximum atomic E-state index is 12.3. The number of para-hydroxylation sites is 1. The van der Waals surface area contributed by atoms with E-state index in [9.17, 15) is 9.59 Å².